The van der Waals surface area contributed by atoms with Crippen LogP contribution in [0.25, 0.3) is 0 Å². The first-order chi connectivity index (χ1) is 11.5. The molecule has 2 aromatic rings. The molecule has 2 amide bonds. The summed E-state index contributed by atoms with van der Waals surface area (Å²) in [5.74, 6) is -1.39. The number of benzene rings is 2. The summed E-state index contributed by atoms with van der Waals surface area (Å²) in [5, 5.41) is 11.5. The molecule has 24 heavy (non-hydrogen) atoms. The number of rotatable bonds is 5. The standard InChI is InChI=1S/C18H16N2O4/c21-16(22)8-9-20-11-13-6-7-14(10-15(13)18(20)24)19-17(23)12-4-2-1-3-5-12/h1-7,10H,8-9,11H2,(H,19,23)(H,21,22). The highest BCUT2D eigenvalue weighted by atomic mass is 16.4. The number of hydrogen-bond acceptors (Lipinski definition) is 3. The summed E-state index contributed by atoms with van der Waals surface area (Å²) in [4.78, 5) is 36.7. The van der Waals surface area contributed by atoms with Gasteiger partial charge in [-0.2, -0.15) is 0 Å². The zero-order valence-electron chi connectivity index (χ0n) is 12.9. The van der Waals surface area contributed by atoms with Crippen LogP contribution in [-0.4, -0.2) is 34.3 Å². The highest BCUT2D eigenvalue weighted by Gasteiger charge is 2.27. The second kappa shape index (κ2) is 6.54. The third kappa shape index (κ3) is 3.27. The number of carbonyl (C=O) groups excluding carboxylic acids is 2. The first-order valence-corrected chi connectivity index (χ1v) is 7.55. The Morgan fingerprint density at radius 1 is 1.12 bits per heavy atom. The van der Waals surface area contributed by atoms with Crippen molar-refractivity contribution in [2.24, 2.45) is 0 Å². The summed E-state index contributed by atoms with van der Waals surface area (Å²) in [6.07, 6.45) is -0.0860. The summed E-state index contributed by atoms with van der Waals surface area (Å²) in [7, 11) is 0. The van der Waals surface area contributed by atoms with Gasteiger partial charge in [0.05, 0.1) is 6.42 Å². The molecule has 0 atom stereocenters. The fourth-order valence-electron chi connectivity index (χ4n) is 2.64. The van der Waals surface area contributed by atoms with E-state index >= 15 is 0 Å². The topological polar surface area (TPSA) is 86.7 Å². The zero-order chi connectivity index (χ0) is 17.1. The van der Waals surface area contributed by atoms with Crippen LogP contribution in [0.4, 0.5) is 5.69 Å². The number of carbonyl (C=O) groups is 3. The number of amides is 2. The van der Waals surface area contributed by atoms with Gasteiger partial charge in [0.2, 0.25) is 0 Å². The molecule has 122 valence electrons. The van der Waals surface area contributed by atoms with Crippen LogP contribution in [0.2, 0.25) is 0 Å². The molecule has 0 saturated carbocycles. The smallest absolute Gasteiger partial charge is 0.305 e. The Bertz CT molecular complexity index is 802. The van der Waals surface area contributed by atoms with Crippen molar-refractivity contribution in [2.45, 2.75) is 13.0 Å². The van der Waals surface area contributed by atoms with E-state index in [4.69, 9.17) is 5.11 Å². The summed E-state index contributed by atoms with van der Waals surface area (Å²) in [6.45, 7) is 0.572. The largest absolute Gasteiger partial charge is 0.481 e. The number of carboxylic acids is 1. The van der Waals surface area contributed by atoms with Crippen molar-refractivity contribution in [3.63, 3.8) is 0 Å². The molecule has 0 spiro atoms. The molecular weight excluding hydrogens is 308 g/mol. The second-order valence-corrected chi connectivity index (χ2v) is 5.56. The maximum absolute atomic E-state index is 12.3. The average Bonchev–Trinajstić information content (AvgIpc) is 2.90. The molecular formula is C18H16N2O4. The maximum atomic E-state index is 12.3. The number of nitrogens with one attached hydrogen (secondary N) is 1. The molecule has 0 radical (unpaired) electrons. The average molecular weight is 324 g/mol. The molecule has 1 aliphatic heterocycles. The van der Waals surface area contributed by atoms with Crippen molar-refractivity contribution in [1.82, 2.24) is 4.90 Å². The normalized spacial score (nSPS) is 12.8. The predicted octanol–water partition coefficient (Wildman–Crippen LogP) is 2.37. The Hall–Kier alpha value is -3.15. The number of fused-ring (bicyclic) bond motifs is 1. The van der Waals surface area contributed by atoms with E-state index in [1.165, 1.54) is 4.90 Å². The van der Waals surface area contributed by atoms with E-state index in [0.717, 1.165) is 5.56 Å². The van der Waals surface area contributed by atoms with Crippen LogP contribution in [-0.2, 0) is 11.3 Å². The minimum Gasteiger partial charge on any atom is -0.481 e. The van der Waals surface area contributed by atoms with Crippen LogP contribution in [0.15, 0.2) is 48.5 Å². The van der Waals surface area contributed by atoms with Gasteiger partial charge in [0.15, 0.2) is 0 Å². The minimum absolute atomic E-state index is 0.0860. The van der Waals surface area contributed by atoms with Gasteiger partial charge in [-0.05, 0) is 29.8 Å². The van der Waals surface area contributed by atoms with Crippen molar-refractivity contribution in [3.8, 4) is 0 Å². The Kier molecular flexibility index (Phi) is 4.29. The quantitative estimate of drug-likeness (QED) is 0.884. The molecule has 6 nitrogen and oxygen atoms in total. The van der Waals surface area contributed by atoms with Gasteiger partial charge in [0.25, 0.3) is 11.8 Å². The predicted molar refractivity (Wildman–Crippen MR) is 87.8 cm³/mol. The highest BCUT2D eigenvalue weighted by molar-refractivity contribution is 6.05. The van der Waals surface area contributed by atoms with Crippen molar-refractivity contribution in [1.29, 1.82) is 0 Å². The number of carboxylic acid groups (broad SMARTS) is 1. The van der Waals surface area contributed by atoms with Crippen LogP contribution in [0.1, 0.15) is 32.7 Å². The fraction of sp³-hybridized carbons (Fsp3) is 0.167. The van der Waals surface area contributed by atoms with Crippen LogP contribution in [0, 0.1) is 0 Å². The Balaban J connectivity index is 1.73. The van der Waals surface area contributed by atoms with Crippen LogP contribution < -0.4 is 5.32 Å². The van der Waals surface area contributed by atoms with Gasteiger partial charge in [-0.1, -0.05) is 24.3 Å². The highest BCUT2D eigenvalue weighted by Crippen LogP contribution is 2.26. The number of hydrogen-bond donors (Lipinski definition) is 2. The molecule has 0 aliphatic carbocycles. The zero-order valence-corrected chi connectivity index (χ0v) is 12.9. The Morgan fingerprint density at radius 3 is 2.58 bits per heavy atom. The van der Waals surface area contributed by atoms with Crippen molar-refractivity contribution >= 4 is 23.5 Å². The maximum Gasteiger partial charge on any atom is 0.305 e. The SMILES string of the molecule is O=C(O)CCN1Cc2ccc(NC(=O)c3ccccc3)cc2C1=O. The van der Waals surface area contributed by atoms with Gasteiger partial charge in [-0.25, -0.2) is 0 Å². The fourth-order valence-corrected chi connectivity index (χ4v) is 2.64. The summed E-state index contributed by atoms with van der Waals surface area (Å²) in [6, 6.07) is 14.0. The van der Waals surface area contributed by atoms with E-state index in [-0.39, 0.29) is 24.8 Å². The molecule has 0 saturated heterocycles. The van der Waals surface area contributed by atoms with E-state index in [9.17, 15) is 14.4 Å². The second-order valence-electron chi connectivity index (χ2n) is 5.56. The first kappa shape index (κ1) is 15.7. The van der Waals surface area contributed by atoms with Crippen LogP contribution in [0.3, 0.4) is 0 Å². The molecule has 0 unspecified atom stereocenters. The molecule has 6 heteroatoms. The molecule has 1 aliphatic rings. The summed E-state index contributed by atoms with van der Waals surface area (Å²) in [5.41, 5.74) is 2.41. The van der Waals surface area contributed by atoms with Crippen molar-refractivity contribution < 1.29 is 19.5 Å². The molecule has 0 aromatic heterocycles. The molecule has 0 fully saturated rings. The van der Waals surface area contributed by atoms with Gasteiger partial charge in [-0.3, -0.25) is 14.4 Å². The lowest BCUT2D eigenvalue weighted by Gasteiger charge is -2.13. The van der Waals surface area contributed by atoms with Crippen LogP contribution >= 0.6 is 0 Å². The molecule has 2 N–H and O–H groups in total. The number of nitrogens with zero attached hydrogens (tertiary/aromatic N) is 1. The lowest BCUT2D eigenvalue weighted by Crippen LogP contribution is -2.26. The third-order valence-electron chi connectivity index (χ3n) is 3.88. The lowest BCUT2D eigenvalue weighted by atomic mass is 10.1. The van der Waals surface area contributed by atoms with Gasteiger partial charge < -0.3 is 15.3 Å². The summed E-state index contributed by atoms with van der Waals surface area (Å²) >= 11 is 0. The molecule has 3 rings (SSSR count). The van der Waals surface area contributed by atoms with E-state index in [0.29, 0.717) is 23.4 Å². The Labute approximate surface area is 138 Å². The van der Waals surface area contributed by atoms with E-state index in [1.54, 1.807) is 42.5 Å². The van der Waals surface area contributed by atoms with Gasteiger partial charge in [0.1, 0.15) is 0 Å². The summed E-state index contributed by atoms with van der Waals surface area (Å²) < 4.78 is 0. The number of aliphatic carboxylic acids is 1. The molecule has 1 heterocycles. The minimum atomic E-state index is -0.936. The number of anilines is 1. The lowest BCUT2D eigenvalue weighted by molar-refractivity contribution is -0.137. The molecule has 2 aromatic carbocycles. The van der Waals surface area contributed by atoms with E-state index < -0.39 is 5.97 Å². The third-order valence-corrected chi connectivity index (χ3v) is 3.88. The van der Waals surface area contributed by atoms with Crippen LogP contribution in [0.5, 0.6) is 0 Å². The van der Waals surface area contributed by atoms with E-state index in [1.807, 2.05) is 6.07 Å². The molecule has 0 bridgehead atoms. The first-order valence-electron chi connectivity index (χ1n) is 7.55. The van der Waals surface area contributed by atoms with Crippen molar-refractivity contribution in [2.75, 3.05) is 11.9 Å². The van der Waals surface area contributed by atoms with Crippen molar-refractivity contribution in [3.05, 3.63) is 65.2 Å². The van der Waals surface area contributed by atoms with Gasteiger partial charge >= 0.3 is 5.97 Å². The van der Waals surface area contributed by atoms with Gasteiger partial charge in [-0.15, -0.1) is 0 Å². The monoisotopic (exact) mass is 324 g/mol. The van der Waals surface area contributed by atoms with E-state index in [2.05, 4.69) is 5.32 Å². The van der Waals surface area contributed by atoms with Gasteiger partial charge in [0, 0.05) is 29.9 Å². The Morgan fingerprint density at radius 2 is 1.88 bits per heavy atom.